The first-order valence-corrected chi connectivity index (χ1v) is 8.36. The molecule has 0 amide bonds. The molecule has 0 radical (unpaired) electrons. The van der Waals surface area contributed by atoms with E-state index in [-0.39, 0.29) is 11.5 Å². The smallest absolute Gasteiger partial charge is 0.330 e. The van der Waals surface area contributed by atoms with Crippen LogP contribution < -0.4 is 22.3 Å². The van der Waals surface area contributed by atoms with E-state index in [1.807, 2.05) is 6.92 Å². The Morgan fingerprint density at radius 1 is 1.35 bits per heavy atom. The first-order chi connectivity index (χ1) is 9.47. The fourth-order valence-corrected chi connectivity index (χ4v) is 2.34. The molecule has 0 aliphatic carbocycles. The Morgan fingerprint density at radius 3 is 2.65 bits per heavy atom. The maximum Gasteiger partial charge on any atom is 0.330 e. The standard InChI is InChI=1S/C12H22N4O3S/c1-3-4-7-16-10(13)9(11(17)15-12(16)18)14-6-5-8-20(2)19/h14H,3-8,13H2,1-2H3,(H,15,17,18). The van der Waals surface area contributed by atoms with Gasteiger partial charge in [-0.1, -0.05) is 13.3 Å². The molecule has 1 heterocycles. The summed E-state index contributed by atoms with van der Waals surface area (Å²) in [4.78, 5) is 25.7. The van der Waals surface area contributed by atoms with Gasteiger partial charge in [0.15, 0.2) is 0 Å². The lowest BCUT2D eigenvalue weighted by Crippen LogP contribution is -2.34. The molecule has 1 aromatic rings. The number of unbranched alkanes of at least 4 members (excludes halogenated alkanes) is 1. The predicted molar refractivity (Wildman–Crippen MR) is 82.7 cm³/mol. The van der Waals surface area contributed by atoms with E-state index in [1.165, 1.54) is 4.57 Å². The largest absolute Gasteiger partial charge is 0.383 e. The number of H-pyrrole nitrogens is 1. The molecular formula is C12H22N4O3S. The highest BCUT2D eigenvalue weighted by Crippen LogP contribution is 2.10. The Labute approximate surface area is 120 Å². The van der Waals surface area contributed by atoms with Crippen LogP contribution in [0.3, 0.4) is 0 Å². The summed E-state index contributed by atoms with van der Waals surface area (Å²) < 4.78 is 12.3. The van der Waals surface area contributed by atoms with Crippen molar-refractivity contribution in [2.24, 2.45) is 0 Å². The predicted octanol–water partition coefficient (Wildman–Crippen LogP) is 0.0994. The van der Waals surface area contributed by atoms with Crippen LogP contribution in [0.5, 0.6) is 0 Å². The number of nitrogens with zero attached hydrogens (tertiary/aromatic N) is 1. The highest BCUT2D eigenvalue weighted by molar-refractivity contribution is 7.84. The second-order valence-electron chi connectivity index (χ2n) is 4.58. The molecule has 1 rings (SSSR count). The summed E-state index contributed by atoms with van der Waals surface area (Å²) in [5.74, 6) is 0.713. The molecule has 0 aromatic carbocycles. The minimum atomic E-state index is -0.859. The summed E-state index contributed by atoms with van der Waals surface area (Å²) in [5.41, 5.74) is 5.10. The van der Waals surface area contributed by atoms with Gasteiger partial charge in [0.25, 0.3) is 5.56 Å². The lowest BCUT2D eigenvalue weighted by Gasteiger charge is -2.13. The number of nitrogens with one attached hydrogen (secondary N) is 2. The molecule has 114 valence electrons. The molecule has 4 N–H and O–H groups in total. The number of hydrogen-bond donors (Lipinski definition) is 3. The van der Waals surface area contributed by atoms with Crippen molar-refractivity contribution in [1.29, 1.82) is 0 Å². The zero-order valence-corrected chi connectivity index (χ0v) is 12.7. The number of rotatable bonds is 8. The minimum Gasteiger partial charge on any atom is -0.383 e. The van der Waals surface area contributed by atoms with Gasteiger partial charge >= 0.3 is 5.69 Å². The van der Waals surface area contributed by atoms with E-state index >= 15 is 0 Å². The number of anilines is 2. The van der Waals surface area contributed by atoms with Gasteiger partial charge in [-0.15, -0.1) is 0 Å². The van der Waals surface area contributed by atoms with Crippen LogP contribution in [0.4, 0.5) is 11.5 Å². The number of aromatic nitrogens is 2. The van der Waals surface area contributed by atoms with Crippen molar-refractivity contribution in [1.82, 2.24) is 9.55 Å². The molecule has 0 saturated carbocycles. The summed E-state index contributed by atoms with van der Waals surface area (Å²) in [6.07, 6.45) is 4.03. The van der Waals surface area contributed by atoms with Crippen molar-refractivity contribution in [3.8, 4) is 0 Å². The molecule has 0 saturated heterocycles. The van der Waals surface area contributed by atoms with Crippen LogP contribution in [0, 0.1) is 0 Å². The second kappa shape index (κ2) is 7.88. The molecule has 0 bridgehead atoms. The highest BCUT2D eigenvalue weighted by atomic mass is 32.2. The van der Waals surface area contributed by atoms with Gasteiger partial charge < -0.3 is 11.1 Å². The van der Waals surface area contributed by atoms with Crippen LogP contribution in [-0.4, -0.2) is 32.3 Å². The van der Waals surface area contributed by atoms with Gasteiger partial charge in [0.1, 0.15) is 11.5 Å². The Balaban J connectivity index is 2.87. The molecule has 7 nitrogen and oxygen atoms in total. The highest BCUT2D eigenvalue weighted by Gasteiger charge is 2.11. The molecule has 0 fully saturated rings. The third-order valence-corrected chi connectivity index (χ3v) is 3.75. The van der Waals surface area contributed by atoms with Gasteiger partial charge in [0, 0.05) is 35.9 Å². The summed E-state index contributed by atoms with van der Waals surface area (Å²) in [7, 11) is -0.859. The van der Waals surface area contributed by atoms with Gasteiger partial charge in [-0.05, 0) is 12.8 Å². The third kappa shape index (κ3) is 4.52. The van der Waals surface area contributed by atoms with Crippen molar-refractivity contribution in [2.45, 2.75) is 32.7 Å². The Kier molecular flexibility index (Phi) is 6.50. The Morgan fingerprint density at radius 2 is 2.05 bits per heavy atom. The van der Waals surface area contributed by atoms with Crippen molar-refractivity contribution >= 4 is 22.3 Å². The molecule has 1 unspecified atom stereocenters. The molecule has 0 spiro atoms. The Bertz CT molecular complexity index is 579. The van der Waals surface area contributed by atoms with Crippen LogP contribution in [-0.2, 0) is 17.3 Å². The quantitative estimate of drug-likeness (QED) is 0.590. The monoisotopic (exact) mass is 302 g/mol. The normalized spacial score (nSPS) is 12.3. The maximum atomic E-state index is 11.7. The van der Waals surface area contributed by atoms with E-state index in [0.717, 1.165) is 12.8 Å². The van der Waals surface area contributed by atoms with Crippen molar-refractivity contribution in [2.75, 3.05) is 29.6 Å². The lowest BCUT2D eigenvalue weighted by molar-refractivity contribution is 0.605. The van der Waals surface area contributed by atoms with Crippen molar-refractivity contribution < 1.29 is 4.21 Å². The van der Waals surface area contributed by atoms with E-state index in [9.17, 15) is 13.8 Å². The molecule has 8 heteroatoms. The zero-order valence-electron chi connectivity index (χ0n) is 11.9. The van der Waals surface area contributed by atoms with Crippen LogP contribution in [0.15, 0.2) is 9.59 Å². The summed E-state index contributed by atoms with van der Waals surface area (Å²) in [6.45, 7) is 2.97. The van der Waals surface area contributed by atoms with E-state index < -0.39 is 22.0 Å². The van der Waals surface area contributed by atoms with Gasteiger partial charge in [0.05, 0.1) is 0 Å². The topological polar surface area (TPSA) is 110 Å². The van der Waals surface area contributed by atoms with Crippen molar-refractivity contribution in [3.63, 3.8) is 0 Å². The minimum absolute atomic E-state index is 0.157. The zero-order chi connectivity index (χ0) is 15.1. The molecule has 0 aliphatic heterocycles. The molecule has 0 aliphatic rings. The SMILES string of the molecule is CCCCn1c(N)c(NCCCS(C)=O)c(=O)[nH]c1=O. The van der Waals surface area contributed by atoms with Gasteiger partial charge in [-0.3, -0.25) is 18.6 Å². The second-order valence-corrected chi connectivity index (χ2v) is 6.14. The number of hydrogen-bond acceptors (Lipinski definition) is 5. The van der Waals surface area contributed by atoms with Crippen LogP contribution in [0.1, 0.15) is 26.2 Å². The molecule has 1 aromatic heterocycles. The Hall–Kier alpha value is -1.57. The number of aromatic amines is 1. The van der Waals surface area contributed by atoms with E-state index in [1.54, 1.807) is 6.26 Å². The summed E-state index contributed by atoms with van der Waals surface area (Å²) in [5, 5.41) is 2.92. The fourth-order valence-electron chi connectivity index (χ4n) is 1.79. The van der Waals surface area contributed by atoms with Crippen LogP contribution >= 0.6 is 0 Å². The molecule has 20 heavy (non-hydrogen) atoms. The van der Waals surface area contributed by atoms with Crippen molar-refractivity contribution in [3.05, 3.63) is 20.8 Å². The number of nitrogen functional groups attached to an aromatic ring is 1. The fraction of sp³-hybridized carbons (Fsp3) is 0.667. The molecular weight excluding hydrogens is 280 g/mol. The lowest BCUT2D eigenvalue weighted by atomic mass is 10.3. The first kappa shape index (κ1) is 16.5. The van der Waals surface area contributed by atoms with E-state index in [0.29, 0.717) is 25.3 Å². The van der Waals surface area contributed by atoms with E-state index in [4.69, 9.17) is 5.73 Å². The van der Waals surface area contributed by atoms with Gasteiger partial charge in [-0.25, -0.2) is 4.79 Å². The third-order valence-electron chi connectivity index (χ3n) is 2.89. The number of nitrogens with two attached hydrogens (primary N) is 1. The van der Waals surface area contributed by atoms with Gasteiger partial charge in [0.2, 0.25) is 0 Å². The van der Waals surface area contributed by atoms with E-state index in [2.05, 4.69) is 10.3 Å². The maximum absolute atomic E-state index is 11.7. The first-order valence-electron chi connectivity index (χ1n) is 6.63. The van der Waals surface area contributed by atoms with Gasteiger partial charge in [-0.2, -0.15) is 0 Å². The average molecular weight is 302 g/mol. The summed E-state index contributed by atoms with van der Waals surface area (Å²) in [6, 6.07) is 0. The molecule has 1 atom stereocenters. The van der Waals surface area contributed by atoms with Crippen LogP contribution in [0.2, 0.25) is 0 Å². The summed E-state index contributed by atoms with van der Waals surface area (Å²) >= 11 is 0. The average Bonchev–Trinajstić information content (AvgIpc) is 2.37. The van der Waals surface area contributed by atoms with Crippen LogP contribution in [0.25, 0.3) is 0 Å².